The van der Waals surface area contributed by atoms with Crippen LogP contribution in [0.25, 0.3) is 0 Å². The Hall–Kier alpha value is -0.790. The second-order valence-corrected chi connectivity index (χ2v) is 5.17. The first kappa shape index (κ1) is 14.3. The average Bonchev–Trinajstić information content (AvgIpc) is 2.22. The molecule has 0 saturated carbocycles. The van der Waals surface area contributed by atoms with Crippen molar-refractivity contribution in [3.8, 4) is 0 Å². The summed E-state index contributed by atoms with van der Waals surface area (Å²) in [5.41, 5.74) is 3.76. The molecule has 1 N–H and O–H groups in total. The van der Waals surface area contributed by atoms with Crippen LogP contribution in [-0.4, -0.2) is 6.54 Å². The molecule has 17 heavy (non-hydrogen) atoms. The molecule has 0 bridgehead atoms. The van der Waals surface area contributed by atoms with Gasteiger partial charge in [0, 0.05) is 5.02 Å². The standard InChI is InChI=1S/C15H22ClN/c1-5-6-17-15(7-11(2)3)13-8-12(4)9-14(16)10-13/h7-10,15,17H,5-6H2,1-4H3. The topological polar surface area (TPSA) is 12.0 Å². The quantitative estimate of drug-likeness (QED) is 0.751. The Morgan fingerprint density at radius 2 is 2.06 bits per heavy atom. The summed E-state index contributed by atoms with van der Waals surface area (Å²) in [5, 5.41) is 4.35. The van der Waals surface area contributed by atoms with E-state index >= 15 is 0 Å². The number of benzene rings is 1. The fourth-order valence-electron chi connectivity index (χ4n) is 1.85. The molecule has 0 aliphatic heterocycles. The SMILES string of the molecule is CCCNC(C=C(C)C)c1cc(C)cc(Cl)c1. The minimum absolute atomic E-state index is 0.261. The van der Waals surface area contributed by atoms with Gasteiger partial charge in [0.15, 0.2) is 0 Å². The summed E-state index contributed by atoms with van der Waals surface area (Å²) in [7, 11) is 0. The molecule has 1 aromatic rings. The third-order valence-corrected chi connectivity index (χ3v) is 2.76. The van der Waals surface area contributed by atoms with Crippen LogP contribution < -0.4 is 5.32 Å². The zero-order valence-corrected chi connectivity index (χ0v) is 11.9. The molecular formula is C15H22ClN. The molecule has 1 nitrogen and oxygen atoms in total. The number of halogens is 1. The van der Waals surface area contributed by atoms with E-state index in [0.717, 1.165) is 18.0 Å². The lowest BCUT2D eigenvalue weighted by Gasteiger charge is -2.17. The molecule has 0 amide bonds. The van der Waals surface area contributed by atoms with E-state index in [-0.39, 0.29) is 6.04 Å². The molecule has 2 heteroatoms. The van der Waals surface area contributed by atoms with Crippen molar-refractivity contribution in [1.82, 2.24) is 5.32 Å². The molecule has 0 heterocycles. The smallest absolute Gasteiger partial charge is 0.0509 e. The molecule has 0 fully saturated rings. The first-order valence-electron chi connectivity index (χ1n) is 6.18. The number of nitrogens with one attached hydrogen (secondary N) is 1. The van der Waals surface area contributed by atoms with Crippen LogP contribution in [0.1, 0.15) is 44.4 Å². The molecule has 1 rings (SSSR count). The Morgan fingerprint density at radius 1 is 1.35 bits per heavy atom. The van der Waals surface area contributed by atoms with Crippen LogP contribution in [0.4, 0.5) is 0 Å². The highest BCUT2D eigenvalue weighted by molar-refractivity contribution is 6.30. The maximum absolute atomic E-state index is 6.12. The lowest BCUT2D eigenvalue weighted by Crippen LogP contribution is -2.20. The van der Waals surface area contributed by atoms with Crippen LogP contribution in [-0.2, 0) is 0 Å². The van der Waals surface area contributed by atoms with Crippen LogP contribution >= 0.6 is 11.6 Å². The highest BCUT2D eigenvalue weighted by Gasteiger charge is 2.08. The number of rotatable bonds is 5. The van der Waals surface area contributed by atoms with Gasteiger partial charge in [0.25, 0.3) is 0 Å². The van der Waals surface area contributed by atoms with E-state index in [9.17, 15) is 0 Å². The summed E-state index contributed by atoms with van der Waals surface area (Å²) in [6.07, 6.45) is 3.38. The van der Waals surface area contributed by atoms with Crippen molar-refractivity contribution < 1.29 is 0 Å². The van der Waals surface area contributed by atoms with Crippen LogP contribution in [0.15, 0.2) is 29.8 Å². The van der Waals surface area contributed by atoms with Gasteiger partial charge in [-0.05, 0) is 57.0 Å². The van der Waals surface area contributed by atoms with Gasteiger partial charge < -0.3 is 5.32 Å². The molecule has 0 aliphatic rings. The Balaban J connectivity index is 2.99. The molecule has 0 aliphatic carbocycles. The Kier molecular flexibility index (Phi) is 5.73. The summed E-state index contributed by atoms with van der Waals surface area (Å²) >= 11 is 6.12. The van der Waals surface area contributed by atoms with Crippen molar-refractivity contribution in [3.05, 3.63) is 46.0 Å². The van der Waals surface area contributed by atoms with E-state index in [0.29, 0.717) is 0 Å². The molecule has 0 saturated heterocycles. The summed E-state index contributed by atoms with van der Waals surface area (Å²) in [5.74, 6) is 0. The second-order valence-electron chi connectivity index (χ2n) is 4.74. The first-order chi connectivity index (χ1) is 8.02. The van der Waals surface area contributed by atoms with Crippen molar-refractivity contribution in [2.24, 2.45) is 0 Å². The molecular weight excluding hydrogens is 230 g/mol. The average molecular weight is 252 g/mol. The predicted molar refractivity (Wildman–Crippen MR) is 76.7 cm³/mol. The molecule has 0 spiro atoms. The summed E-state index contributed by atoms with van der Waals surface area (Å²) in [4.78, 5) is 0. The Morgan fingerprint density at radius 3 is 2.59 bits per heavy atom. The van der Waals surface area contributed by atoms with Crippen molar-refractivity contribution in [2.75, 3.05) is 6.54 Å². The third kappa shape index (κ3) is 4.93. The van der Waals surface area contributed by atoms with Gasteiger partial charge in [0.1, 0.15) is 0 Å². The van der Waals surface area contributed by atoms with E-state index in [1.165, 1.54) is 16.7 Å². The molecule has 94 valence electrons. The van der Waals surface area contributed by atoms with Crippen molar-refractivity contribution in [3.63, 3.8) is 0 Å². The number of hydrogen-bond acceptors (Lipinski definition) is 1. The molecule has 1 aromatic carbocycles. The van der Waals surface area contributed by atoms with Gasteiger partial charge in [-0.1, -0.05) is 36.2 Å². The van der Waals surface area contributed by atoms with E-state index in [1.54, 1.807) is 0 Å². The van der Waals surface area contributed by atoms with Gasteiger partial charge in [-0.25, -0.2) is 0 Å². The van der Waals surface area contributed by atoms with Crippen molar-refractivity contribution in [2.45, 2.75) is 40.2 Å². The van der Waals surface area contributed by atoms with Crippen LogP contribution in [0.5, 0.6) is 0 Å². The predicted octanol–water partition coefficient (Wildman–Crippen LogP) is 4.66. The Labute approximate surface area is 110 Å². The highest BCUT2D eigenvalue weighted by atomic mass is 35.5. The largest absolute Gasteiger partial charge is 0.307 e. The first-order valence-corrected chi connectivity index (χ1v) is 6.56. The van der Waals surface area contributed by atoms with Gasteiger partial charge in [-0.3, -0.25) is 0 Å². The minimum atomic E-state index is 0.261. The number of aryl methyl sites for hydroxylation is 1. The molecule has 1 unspecified atom stereocenters. The summed E-state index contributed by atoms with van der Waals surface area (Å²) in [6, 6.07) is 6.49. The van der Waals surface area contributed by atoms with Crippen LogP contribution in [0.2, 0.25) is 5.02 Å². The van der Waals surface area contributed by atoms with Gasteiger partial charge in [-0.15, -0.1) is 0 Å². The molecule has 0 radical (unpaired) electrons. The van der Waals surface area contributed by atoms with E-state index < -0.39 is 0 Å². The van der Waals surface area contributed by atoms with E-state index in [4.69, 9.17) is 11.6 Å². The minimum Gasteiger partial charge on any atom is -0.307 e. The van der Waals surface area contributed by atoms with Gasteiger partial charge in [0.05, 0.1) is 6.04 Å². The maximum Gasteiger partial charge on any atom is 0.0509 e. The van der Waals surface area contributed by atoms with Gasteiger partial charge in [0.2, 0.25) is 0 Å². The van der Waals surface area contributed by atoms with E-state index in [1.807, 2.05) is 12.1 Å². The maximum atomic E-state index is 6.12. The van der Waals surface area contributed by atoms with E-state index in [2.05, 4.69) is 45.2 Å². The lowest BCUT2D eigenvalue weighted by atomic mass is 10.0. The van der Waals surface area contributed by atoms with Crippen LogP contribution in [0.3, 0.4) is 0 Å². The zero-order valence-electron chi connectivity index (χ0n) is 11.2. The Bertz CT molecular complexity index is 372. The molecule has 1 atom stereocenters. The normalized spacial score (nSPS) is 12.3. The number of hydrogen-bond donors (Lipinski definition) is 1. The van der Waals surface area contributed by atoms with Crippen molar-refractivity contribution in [1.29, 1.82) is 0 Å². The zero-order chi connectivity index (χ0) is 12.8. The lowest BCUT2D eigenvalue weighted by molar-refractivity contribution is 0.610. The number of allylic oxidation sites excluding steroid dienone is 1. The third-order valence-electron chi connectivity index (χ3n) is 2.54. The summed E-state index contributed by atoms with van der Waals surface area (Å²) < 4.78 is 0. The summed E-state index contributed by atoms with van der Waals surface area (Å²) in [6.45, 7) is 9.51. The highest BCUT2D eigenvalue weighted by Crippen LogP contribution is 2.22. The van der Waals surface area contributed by atoms with Gasteiger partial charge in [-0.2, -0.15) is 0 Å². The fourth-order valence-corrected chi connectivity index (χ4v) is 2.15. The fraction of sp³-hybridized carbons (Fsp3) is 0.467. The molecule has 0 aromatic heterocycles. The van der Waals surface area contributed by atoms with Gasteiger partial charge >= 0.3 is 0 Å². The van der Waals surface area contributed by atoms with Crippen molar-refractivity contribution >= 4 is 11.6 Å². The monoisotopic (exact) mass is 251 g/mol. The van der Waals surface area contributed by atoms with Crippen LogP contribution in [0, 0.1) is 6.92 Å². The second kappa shape index (κ2) is 6.83.